The second-order valence-electron chi connectivity index (χ2n) is 4.16. The number of sulfonamides is 1. The maximum Gasteiger partial charge on any atom is 0.283 e. The van der Waals surface area contributed by atoms with Crippen molar-refractivity contribution in [2.75, 3.05) is 17.1 Å². The number of aromatic nitrogens is 1. The smallest absolute Gasteiger partial charge is 0.283 e. The molecule has 0 amide bonds. The van der Waals surface area contributed by atoms with Gasteiger partial charge < -0.3 is 5.73 Å². The summed E-state index contributed by atoms with van der Waals surface area (Å²) in [5.41, 5.74) is 7.30. The van der Waals surface area contributed by atoms with Gasteiger partial charge in [-0.25, -0.2) is 4.98 Å². The Morgan fingerprint density at radius 2 is 1.84 bits per heavy atom. The van der Waals surface area contributed by atoms with Gasteiger partial charge in [0.05, 0.1) is 11.4 Å². The molecule has 2 rings (SSSR count). The average Bonchev–Trinajstić information content (AvgIpc) is 2.39. The Hall–Kier alpha value is -2.08. The van der Waals surface area contributed by atoms with E-state index in [-0.39, 0.29) is 10.7 Å². The minimum Gasteiger partial charge on any atom is -0.396 e. The van der Waals surface area contributed by atoms with E-state index in [4.69, 9.17) is 5.73 Å². The summed E-state index contributed by atoms with van der Waals surface area (Å²) in [7, 11) is -2.26. The van der Waals surface area contributed by atoms with Crippen LogP contribution in [0.4, 0.5) is 11.4 Å². The third-order valence-electron chi connectivity index (χ3n) is 2.86. The van der Waals surface area contributed by atoms with Gasteiger partial charge in [-0.15, -0.1) is 0 Å². The van der Waals surface area contributed by atoms with Gasteiger partial charge in [0.25, 0.3) is 10.0 Å². The molecule has 0 aliphatic rings. The lowest BCUT2D eigenvalue weighted by Gasteiger charge is -2.21. The zero-order valence-corrected chi connectivity index (χ0v) is 11.6. The van der Waals surface area contributed by atoms with Crippen molar-refractivity contribution in [3.05, 3.63) is 48.2 Å². The van der Waals surface area contributed by atoms with Gasteiger partial charge >= 0.3 is 0 Å². The van der Waals surface area contributed by atoms with Crippen LogP contribution < -0.4 is 10.0 Å². The lowest BCUT2D eigenvalue weighted by atomic mass is 10.2. The third-order valence-corrected chi connectivity index (χ3v) is 4.61. The summed E-state index contributed by atoms with van der Waals surface area (Å²) in [5, 5.41) is -0.124. The molecule has 0 unspecified atom stereocenters. The predicted molar refractivity (Wildman–Crippen MR) is 75.4 cm³/mol. The lowest BCUT2D eigenvalue weighted by Crippen LogP contribution is -2.28. The molecule has 2 aromatic rings. The number of hydrogen-bond acceptors (Lipinski definition) is 4. The van der Waals surface area contributed by atoms with E-state index >= 15 is 0 Å². The summed E-state index contributed by atoms with van der Waals surface area (Å²) in [5.74, 6) is 0. The molecule has 19 heavy (non-hydrogen) atoms. The summed E-state index contributed by atoms with van der Waals surface area (Å²) < 4.78 is 26.2. The van der Waals surface area contributed by atoms with Gasteiger partial charge in [-0.05, 0) is 30.7 Å². The molecule has 1 aromatic heterocycles. The summed E-state index contributed by atoms with van der Waals surface area (Å²) >= 11 is 0. The molecule has 0 radical (unpaired) electrons. The molecular formula is C13H15N3O2S. The number of aryl methyl sites for hydroxylation is 1. The van der Waals surface area contributed by atoms with E-state index in [2.05, 4.69) is 4.98 Å². The highest BCUT2D eigenvalue weighted by Crippen LogP contribution is 2.26. The molecule has 6 heteroatoms. The monoisotopic (exact) mass is 277 g/mol. The van der Waals surface area contributed by atoms with Crippen LogP contribution in [0.1, 0.15) is 5.56 Å². The van der Waals surface area contributed by atoms with Gasteiger partial charge in [0.1, 0.15) is 0 Å². The van der Waals surface area contributed by atoms with Crippen molar-refractivity contribution in [2.24, 2.45) is 0 Å². The van der Waals surface area contributed by atoms with Gasteiger partial charge in [0.15, 0.2) is 5.03 Å². The van der Waals surface area contributed by atoms with Crippen molar-refractivity contribution in [3.63, 3.8) is 0 Å². The number of pyridine rings is 1. The van der Waals surface area contributed by atoms with Crippen molar-refractivity contribution in [1.82, 2.24) is 4.98 Å². The maximum atomic E-state index is 12.5. The van der Waals surface area contributed by atoms with Gasteiger partial charge in [-0.2, -0.15) is 8.42 Å². The zero-order chi connectivity index (χ0) is 14.0. The number of benzene rings is 1. The Morgan fingerprint density at radius 1 is 1.16 bits per heavy atom. The number of nitrogens with zero attached hydrogens (tertiary/aromatic N) is 2. The summed E-state index contributed by atoms with van der Waals surface area (Å²) in [6, 6.07) is 10.4. The number of hydrogen-bond donors (Lipinski definition) is 1. The van der Waals surface area contributed by atoms with E-state index in [0.29, 0.717) is 5.69 Å². The van der Waals surface area contributed by atoms with Crippen LogP contribution in [-0.4, -0.2) is 20.4 Å². The number of anilines is 2. The molecule has 0 fully saturated rings. The largest absolute Gasteiger partial charge is 0.396 e. The van der Waals surface area contributed by atoms with Crippen LogP contribution in [0.5, 0.6) is 0 Å². The molecule has 0 atom stereocenters. The van der Waals surface area contributed by atoms with Crippen molar-refractivity contribution < 1.29 is 8.42 Å². The van der Waals surface area contributed by atoms with Crippen LogP contribution >= 0.6 is 0 Å². The van der Waals surface area contributed by atoms with Crippen LogP contribution in [0.3, 0.4) is 0 Å². The Morgan fingerprint density at radius 3 is 2.47 bits per heavy atom. The Kier molecular flexibility index (Phi) is 3.44. The van der Waals surface area contributed by atoms with Gasteiger partial charge in [0.2, 0.25) is 0 Å². The van der Waals surface area contributed by atoms with Crippen molar-refractivity contribution in [1.29, 1.82) is 0 Å². The third kappa shape index (κ3) is 2.39. The quantitative estimate of drug-likeness (QED) is 0.928. The van der Waals surface area contributed by atoms with Crippen molar-refractivity contribution in [2.45, 2.75) is 11.9 Å². The molecule has 100 valence electrons. The van der Waals surface area contributed by atoms with Crippen molar-refractivity contribution >= 4 is 21.4 Å². The molecule has 0 bridgehead atoms. The molecule has 0 spiro atoms. The Bertz CT molecular complexity index is 699. The van der Waals surface area contributed by atoms with E-state index in [1.807, 2.05) is 19.1 Å². The topological polar surface area (TPSA) is 76.3 Å². The number of para-hydroxylation sites is 1. The Balaban J connectivity index is 2.52. The first kappa shape index (κ1) is 13.4. The molecule has 5 nitrogen and oxygen atoms in total. The maximum absolute atomic E-state index is 12.5. The van der Waals surface area contributed by atoms with Crippen LogP contribution in [0, 0.1) is 6.92 Å². The number of nitrogens with two attached hydrogens (primary N) is 1. The molecular weight excluding hydrogens is 262 g/mol. The predicted octanol–water partition coefficient (Wildman–Crippen LogP) is 1.80. The minimum atomic E-state index is -3.75. The summed E-state index contributed by atoms with van der Waals surface area (Å²) in [6.45, 7) is 1.85. The Labute approximate surface area is 112 Å². The molecule has 0 aliphatic carbocycles. The lowest BCUT2D eigenvalue weighted by molar-refractivity contribution is 0.591. The van der Waals surface area contributed by atoms with Crippen LogP contribution in [0.25, 0.3) is 0 Å². The normalized spacial score (nSPS) is 11.3. The SMILES string of the molecule is Cc1ccccc1N(C)S(=O)(=O)c1ncccc1N. The highest BCUT2D eigenvalue weighted by Gasteiger charge is 2.25. The van der Waals surface area contributed by atoms with Crippen molar-refractivity contribution in [3.8, 4) is 0 Å². The first-order valence-corrected chi connectivity index (χ1v) is 7.13. The highest BCUT2D eigenvalue weighted by molar-refractivity contribution is 7.92. The first-order chi connectivity index (χ1) is 8.94. The fourth-order valence-corrected chi connectivity index (χ4v) is 3.08. The number of rotatable bonds is 3. The first-order valence-electron chi connectivity index (χ1n) is 5.69. The van der Waals surface area contributed by atoms with E-state index in [1.54, 1.807) is 18.2 Å². The molecule has 0 saturated carbocycles. The fraction of sp³-hybridized carbons (Fsp3) is 0.154. The van der Waals surface area contributed by atoms with Gasteiger partial charge in [-0.3, -0.25) is 4.31 Å². The molecule has 0 saturated heterocycles. The van der Waals surface area contributed by atoms with Crippen LogP contribution in [-0.2, 0) is 10.0 Å². The minimum absolute atomic E-state index is 0.124. The standard InChI is InChI=1S/C13H15N3O2S/c1-10-6-3-4-8-12(10)16(2)19(17,18)13-11(14)7-5-9-15-13/h3-9H,14H2,1-2H3. The number of nitrogen functional groups attached to an aromatic ring is 1. The highest BCUT2D eigenvalue weighted by atomic mass is 32.2. The molecule has 1 aromatic carbocycles. The molecule has 0 aliphatic heterocycles. The van der Waals surface area contributed by atoms with Crippen LogP contribution in [0.2, 0.25) is 0 Å². The summed E-state index contributed by atoms with van der Waals surface area (Å²) in [4.78, 5) is 3.87. The van der Waals surface area contributed by atoms with E-state index < -0.39 is 10.0 Å². The van der Waals surface area contributed by atoms with Gasteiger partial charge in [0, 0.05) is 13.2 Å². The fourth-order valence-electron chi connectivity index (χ4n) is 1.79. The van der Waals surface area contributed by atoms with Crippen LogP contribution in [0.15, 0.2) is 47.6 Å². The summed E-state index contributed by atoms with van der Waals surface area (Å²) in [6.07, 6.45) is 1.41. The second-order valence-corrected chi connectivity index (χ2v) is 6.04. The average molecular weight is 277 g/mol. The second kappa shape index (κ2) is 4.89. The molecule has 2 N–H and O–H groups in total. The van der Waals surface area contributed by atoms with Gasteiger partial charge in [-0.1, -0.05) is 18.2 Å². The van der Waals surface area contributed by atoms with E-state index in [0.717, 1.165) is 5.56 Å². The van der Waals surface area contributed by atoms with E-state index in [9.17, 15) is 8.42 Å². The zero-order valence-electron chi connectivity index (χ0n) is 10.7. The molecule has 1 heterocycles. The van der Waals surface area contributed by atoms with E-state index in [1.165, 1.54) is 23.6 Å².